The van der Waals surface area contributed by atoms with Crippen LogP contribution in [-0.2, 0) is 11.3 Å². The van der Waals surface area contributed by atoms with E-state index in [2.05, 4.69) is 15.5 Å². The molecule has 1 amide bonds. The van der Waals surface area contributed by atoms with Gasteiger partial charge in [0.2, 0.25) is 5.91 Å². The molecule has 2 N–H and O–H groups in total. The van der Waals surface area contributed by atoms with E-state index in [4.69, 9.17) is 9.84 Å². The SMILES string of the molecule is Cc1nn(Cc2cccc(Oc3ccccc3)c2)c(C)c1NC(=O)C(C)n1ccc(C(=O)O)n1. The molecule has 0 aliphatic rings. The predicted octanol–water partition coefficient (Wildman–Crippen LogP) is 4.43. The van der Waals surface area contributed by atoms with Gasteiger partial charge < -0.3 is 15.2 Å². The fourth-order valence-electron chi connectivity index (χ4n) is 3.55. The third-order valence-electron chi connectivity index (χ3n) is 5.44. The summed E-state index contributed by atoms with van der Waals surface area (Å²) in [6, 6.07) is 18.0. The molecule has 0 saturated carbocycles. The van der Waals surface area contributed by atoms with Crippen LogP contribution in [0, 0.1) is 13.8 Å². The second kappa shape index (κ2) is 9.62. The van der Waals surface area contributed by atoms with Gasteiger partial charge in [0.1, 0.15) is 17.5 Å². The molecule has 9 nitrogen and oxygen atoms in total. The number of carboxylic acids is 1. The van der Waals surface area contributed by atoms with Crippen molar-refractivity contribution >= 4 is 17.6 Å². The molecule has 0 aliphatic heterocycles. The molecular weight excluding hydrogens is 434 g/mol. The van der Waals surface area contributed by atoms with Crippen molar-refractivity contribution in [1.29, 1.82) is 0 Å². The smallest absolute Gasteiger partial charge is 0.356 e. The number of nitrogens with one attached hydrogen (secondary N) is 1. The molecule has 0 bridgehead atoms. The highest BCUT2D eigenvalue weighted by atomic mass is 16.5. The number of amides is 1. The standard InChI is InChI=1S/C25H25N5O4/c1-16-23(26-24(31)18(3)29-13-12-22(28-29)25(32)33)17(2)30(27-16)15-19-8-7-11-21(14-19)34-20-9-5-4-6-10-20/h4-14,18H,15H2,1-3H3,(H,26,31)(H,32,33). The number of hydrogen-bond donors (Lipinski definition) is 2. The number of carbonyl (C=O) groups excluding carboxylic acids is 1. The molecule has 34 heavy (non-hydrogen) atoms. The summed E-state index contributed by atoms with van der Waals surface area (Å²) in [7, 11) is 0. The minimum absolute atomic E-state index is 0.113. The third-order valence-corrected chi connectivity index (χ3v) is 5.44. The van der Waals surface area contributed by atoms with Gasteiger partial charge in [0.05, 0.1) is 23.6 Å². The van der Waals surface area contributed by atoms with Crippen molar-refractivity contribution in [2.45, 2.75) is 33.4 Å². The van der Waals surface area contributed by atoms with Gasteiger partial charge in [-0.05, 0) is 56.7 Å². The summed E-state index contributed by atoms with van der Waals surface area (Å²) in [5, 5.41) is 20.5. The van der Waals surface area contributed by atoms with Crippen LogP contribution in [0.5, 0.6) is 11.5 Å². The molecule has 1 atom stereocenters. The van der Waals surface area contributed by atoms with E-state index in [0.717, 1.165) is 22.8 Å². The number of anilines is 1. The van der Waals surface area contributed by atoms with Crippen LogP contribution in [0.4, 0.5) is 5.69 Å². The number of rotatable bonds is 8. The van der Waals surface area contributed by atoms with Crippen LogP contribution < -0.4 is 10.1 Å². The molecule has 0 aliphatic carbocycles. The lowest BCUT2D eigenvalue weighted by molar-refractivity contribution is -0.119. The summed E-state index contributed by atoms with van der Waals surface area (Å²) in [5.41, 5.74) is 3.00. The van der Waals surface area contributed by atoms with Gasteiger partial charge in [-0.15, -0.1) is 0 Å². The molecule has 2 aromatic carbocycles. The molecule has 0 spiro atoms. The van der Waals surface area contributed by atoms with Crippen molar-refractivity contribution < 1.29 is 19.4 Å². The molecule has 0 fully saturated rings. The van der Waals surface area contributed by atoms with Crippen LogP contribution in [0.2, 0.25) is 0 Å². The lowest BCUT2D eigenvalue weighted by atomic mass is 10.2. The molecule has 9 heteroatoms. The summed E-state index contributed by atoms with van der Waals surface area (Å²) in [4.78, 5) is 23.9. The first-order chi connectivity index (χ1) is 16.3. The molecule has 4 aromatic rings. The number of aromatic carboxylic acids is 1. The lowest BCUT2D eigenvalue weighted by Gasteiger charge is -2.13. The number of ether oxygens (including phenoxy) is 1. The summed E-state index contributed by atoms with van der Waals surface area (Å²) >= 11 is 0. The Hall–Kier alpha value is -4.40. The number of carbonyl (C=O) groups is 2. The van der Waals surface area contributed by atoms with Crippen LogP contribution in [0.25, 0.3) is 0 Å². The van der Waals surface area contributed by atoms with E-state index in [1.807, 2.05) is 73.1 Å². The zero-order valence-corrected chi connectivity index (χ0v) is 19.1. The monoisotopic (exact) mass is 459 g/mol. The number of aromatic nitrogens is 4. The fraction of sp³-hybridized carbons (Fsp3) is 0.200. The minimum atomic E-state index is -1.14. The molecule has 0 saturated heterocycles. The summed E-state index contributed by atoms with van der Waals surface area (Å²) in [5.74, 6) is 0.0340. The molecule has 2 heterocycles. The second-order valence-electron chi connectivity index (χ2n) is 7.92. The van der Waals surface area contributed by atoms with E-state index in [1.165, 1.54) is 16.9 Å². The Bertz CT molecular complexity index is 1330. The van der Waals surface area contributed by atoms with Gasteiger partial charge in [-0.25, -0.2) is 4.79 Å². The quantitative estimate of drug-likeness (QED) is 0.403. The highest BCUT2D eigenvalue weighted by Crippen LogP contribution is 2.25. The number of benzene rings is 2. The first-order valence-electron chi connectivity index (χ1n) is 10.8. The van der Waals surface area contributed by atoms with E-state index < -0.39 is 12.0 Å². The van der Waals surface area contributed by atoms with E-state index in [0.29, 0.717) is 17.9 Å². The molecule has 174 valence electrons. The molecule has 2 aromatic heterocycles. The zero-order chi connectivity index (χ0) is 24.2. The van der Waals surface area contributed by atoms with Crippen LogP contribution >= 0.6 is 0 Å². The first kappa shape index (κ1) is 22.8. The van der Waals surface area contributed by atoms with Crippen molar-refractivity contribution in [3.05, 3.63) is 89.5 Å². The Morgan fingerprint density at radius 2 is 1.76 bits per heavy atom. The van der Waals surface area contributed by atoms with Crippen molar-refractivity contribution in [2.75, 3.05) is 5.32 Å². The van der Waals surface area contributed by atoms with E-state index in [-0.39, 0.29) is 11.6 Å². The summed E-state index contributed by atoms with van der Waals surface area (Å²) < 4.78 is 9.07. The van der Waals surface area contributed by atoms with Crippen molar-refractivity contribution in [3.63, 3.8) is 0 Å². The van der Waals surface area contributed by atoms with Gasteiger partial charge in [-0.2, -0.15) is 10.2 Å². The van der Waals surface area contributed by atoms with Crippen LogP contribution in [-0.4, -0.2) is 36.5 Å². The van der Waals surface area contributed by atoms with Crippen molar-refractivity contribution in [1.82, 2.24) is 19.6 Å². The molecule has 4 rings (SSSR count). The normalized spacial score (nSPS) is 11.7. The van der Waals surface area contributed by atoms with E-state index >= 15 is 0 Å². The van der Waals surface area contributed by atoms with Gasteiger partial charge in [0.15, 0.2) is 5.69 Å². The Morgan fingerprint density at radius 3 is 2.47 bits per heavy atom. The van der Waals surface area contributed by atoms with Gasteiger partial charge in [-0.3, -0.25) is 14.2 Å². The topological polar surface area (TPSA) is 111 Å². The Kier molecular flexibility index (Phi) is 6.44. The van der Waals surface area contributed by atoms with Gasteiger partial charge in [-0.1, -0.05) is 30.3 Å². The van der Waals surface area contributed by atoms with Crippen LogP contribution in [0.1, 0.15) is 40.4 Å². The maximum Gasteiger partial charge on any atom is 0.356 e. The number of para-hydroxylation sites is 1. The zero-order valence-electron chi connectivity index (χ0n) is 19.1. The highest BCUT2D eigenvalue weighted by Gasteiger charge is 2.21. The maximum atomic E-state index is 12.8. The van der Waals surface area contributed by atoms with Crippen LogP contribution in [0.3, 0.4) is 0 Å². The molecule has 1 unspecified atom stereocenters. The van der Waals surface area contributed by atoms with Gasteiger partial charge in [0, 0.05) is 6.20 Å². The van der Waals surface area contributed by atoms with Crippen molar-refractivity contribution in [2.24, 2.45) is 0 Å². The fourth-order valence-corrected chi connectivity index (χ4v) is 3.55. The van der Waals surface area contributed by atoms with Crippen LogP contribution in [0.15, 0.2) is 66.9 Å². The third kappa shape index (κ3) is 4.98. The summed E-state index contributed by atoms with van der Waals surface area (Å²) in [6.07, 6.45) is 1.47. The van der Waals surface area contributed by atoms with Gasteiger partial charge >= 0.3 is 5.97 Å². The Morgan fingerprint density at radius 1 is 1.03 bits per heavy atom. The largest absolute Gasteiger partial charge is 0.476 e. The first-order valence-corrected chi connectivity index (χ1v) is 10.8. The van der Waals surface area contributed by atoms with E-state index in [9.17, 15) is 9.59 Å². The number of carboxylic acid groups (broad SMARTS) is 1. The predicted molar refractivity (Wildman–Crippen MR) is 126 cm³/mol. The summed E-state index contributed by atoms with van der Waals surface area (Å²) in [6.45, 7) is 5.88. The molecule has 0 radical (unpaired) electrons. The Labute approximate surface area is 196 Å². The van der Waals surface area contributed by atoms with Gasteiger partial charge in [0.25, 0.3) is 0 Å². The highest BCUT2D eigenvalue weighted by molar-refractivity contribution is 5.94. The Balaban J connectivity index is 1.47. The lowest BCUT2D eigenvalue weighted by Crippen LogP contribution is -2.25. The van der Waals surface area contributed by atoms with Crippen molar-refractivity contribution in [3.8, 4) is 11.5 Å². The molecular formula is C25H25N5O4. The number of hydrogen-bond acceptors (Lipinski definition) is 5. The van der Waals surface area contributed by atoms with E-state index in [1.54, 1.807) is 6.92 Å². The number of nitrogens with zero attached hydrogens (tertiary/aromatic N) is 4. The second-order valence-corrected chi connectivity index (χ2v) is 7.92. The maximum absolute atomic E-state index is 12.8. The minimum Gasteiger partial charge on any atom is -0.476 e. The average Bonchev–Trinajstić information content (AvgIpc) is 3.41. The average molecular weight is 460 g/mol. The number of aryl methyl sites for hydroxylation is 1.